The number of thioether (sulfide) groups is 1. The fourth-order valence-corrected chi connectivity index (χ4v) is 5.13. The number of anilines is 1. The number of benzene rings is 2. The molecule has 37 heavy (non-hydrogen) atoms. The predicted octanol–water partition coefficient (Wildman–Crippen LogP) is 6.62. The molecular weight excluding hydrogens is 502 g/mol. The molecule has 2 heterocycles. The second kappa shape index (κ2) is 17.3. The van der Waals surface area contributed by atoms with Crippen LogP contribution in [0.25, 0.3) is 0 Å². The van der Waals surface area contributed by atoms with Crippen molar-refractivity contribution in [3.05, 3.63) is 82.7 Å². The van der Waals surface area contributed by atoms with Crippen molar-refractivity contribution in [3.8, 4) is 0 Å². The lowest BCUT2D eigenvalue weighted by atomic mass is 10.1. The molecule has 4 rings (SSSR count). The quantitative estimate of drug-likeness (QED) is 0.327. The van der Waals surface area contributed by atoms with Crippen LogP contribution < -0.4 is 11.1 Å². The summed E-state index contributed by atoms with van der Waals surface area (Å²) in [6, 6.07) is 13.9. The van der Waals surface area contributed by atoms with Gasteiger partial charge < -0.3 is 15.8 Å². The van der Waals surface area contributed by atoms with E-state index in [-0.39, 0.29) is 5.91 Å². The van der Waals surface area contributed by atoms with E-state index in [9.17, 15) is 4.79 Å². The molecule has 7 nitrogen and oxygen atoms in total. The summed E-state index contributed by atoms with van der Waals surface area (Å²) in [5.74, 6) is 1.10. The van der Waals surface area contributed by atoms with Crippen LogP contribution in [0, 0.1) is 0 Å². The number of hydrogen-bond donors (Lipinski definition) is 2. The van der Waals surface area contributed by atoms with E-state index in [2.05, 4.69) is 60.0 Å². The molecule has 198 valence electrons. The second-order valence-corrected chi connectivity index (χ2v) is 9.73. The van der Waals surface area contributed by atoms with Gasteiger partial charge in [-0.2, -0.15) is 5.10 Å². The van der Waals surface area contributed by atoms with Crippen LogP contribution >= 0.6 is 23.5 Å². The van der Waals surface area contributed by atoms with Gasteiger partial charge in [0.1, 0.15) is 6.79 Å². The highest BCUT2D eigenvalue weighted by Gasteiger charge is 2.19. The summed E-state index contributed by atoms with van der Waals surface area (Å²) in [7, 11) is 1.50. The summed E-state index contributed by atoms with van der Waals surface area (Å²) >= 11 is 3.30. The Morgan fingerprint density at radius 2 is 1.89 bits per heavy atom. The van der Waals surface area contributed by atoms with E-state index in [0.717, 1.165) is 25.9 Å². The number of aliphatic imine (C=N–C) groups is 1. The Morgan fingerprint density at radius 3 is 2.54 bits per heavy atom. The maximum Gasteiger partial charge on any atom is 0.256 e. The number of amides is 1. The van der Waals surface area contributed by atoms with Crippen molar-refractivity contribution in [1.29, 1.82) is 0 Å². The fraction of sp³-hybridized carbons (Fsp3) is 0.286. The largest absolute Gasteiger partial charge is 0.333 e. The zero-order chi connectivity index (χ0) is 27.8. The number of allylic oxidation sites excluding steroid dienone is 1. The monoisotopic (exact) mass is 539 g/mol. The van der Waals surface area contributed by atoms with Crippen LogP contribution in [0.15, 0.2) is 80.7 Å². The lowest BCUT2D eigenvalue weighted by Crippen LogP contribution is -2.11. The lowest BCUT2D eigenvalue weighted by molar-refractivity contribution is -0.0980. The number of carbonyl (C=O) groups is 2. The number of fused-ring (bicyclic) bond motifs is 2. The summed E-state index contributed by atoms with van der Waals surface area (Å²) in [4.78, 5) is 27.7. The Hall–Kier alpha value is -3.14. The molecule has 0 saturated heterocycles. The van der Waals surface area contributed by atoms with Crippen LogP contribution in [0.5, 0.6) is 0 Å². The normalized spacial score (nSPS) is 11.6. The molecule has 1 amide bonds. The Bertz CT molecular complexity index is 1170. The van der Waals surface area contributed by atoms with Crippen molar-refractivity contribution in [3.63, 3.8) is 0 Å². The van der Waals surface area contributed by atoms with Gasteiger partial charge in [-0.1, -0.05) is 57.7 Å². The zero-order valence-corrected chi connectivity index (χ0v) is 23.9. The van der Waals surface area contributed by atoms with Crippen LogP contribution in [0.1, 0.15) is 55.1 Å². The first kappa shape index (κ1) is 31.9. The van der Waals surface area contributed by atoms with Crippen molar-refractivity contribution in [2.75, 3.05) is 12.4 Å². The Morgan fingerprint density at radius 1 is 1.19 bits per heavy atom. The number of nitrogens with zero attached hydrogens (tertiary/aromatic N) is 3. The molecule has 0 unspecified atom stereocenters. The summed E-state index contributed by atoms with van der Waals surface area (Å²) < 4.78 is 1.95. The van der Waals surface area contributed by atoms with E-state index in [0.29, 0.717) is 23.8 Å². The van der Waals surface area contributed by atoms with Crippen molar-refractivity contribution < 1.29 is 9.59 Å². The van der Waals surface area contributed by atoms with Crippen LogP contribution in [0.2, 0.25) is 0 Å². The van der Waals surface area contributed by atoms with Gasteiger partial charge in [0.25, 0.3) is 5.91 Å². The molecule has 0 fully saturated rings. The maximum atomic E-state index is 12.6. The number of aromatic nitrogens is 2. The predicted molar refractivity (Wildman–Crippen MR) is 159 cm³/mol. The third-order valence-electron chi connectivity index (χ3n) is 4.96. The first-order valence-corrected chi connectivity index (χ1v) is 13.7. The number of nitrogens with one attached hydrogen (secondary N) is 1. The molecule has 1 aliphatic heterocycles. The number of nitrogens with two attached hydrogens (primary N) is 1. The smallest absolute Gasteiger partial charge is 0.256 e. The average Bonchev–Trinajstić information content (AvgIpc) is 3.37. The molecule has 1 aliphatic rings. The summed E-state index contributed by atoms with van der Waals surface area (Å²) in [6.45, 7) is 13.9. The topological polar surface area (TPSA) is 102 Å². The highest BCUT2D eigenvalue weighted by molar-refractivity contribution is 8.02. The molecule has 0 aliphatic carbocycles. The minimum atomic E-state index is -0.0727. The lowest BCUT2D eigenvalue weighted by Gasteiger charge is -2.11. The van der Waals surface area contributed by atoms with Gasteiger partial charge in [-0.05, 0) is 55.1 Å². The molecule has 0 radical (unpaired) electrons. The molecular formula is C28H37N5O2S2. The Labute approximate surface area is 229 Å². The minimum absolute atomic E-state index is 0.0727. The van der Waals surface area contributed by atoms with Crippen molar-refractivity contribution in [2.24, 2.45) is 10.7 Å². The van der Waals surface area contributed by atoms with Crippen molar-refractivity contribution >= 4 is 48.6 Å². The van der Waals surface area contributed by atoms with Crippen molar-refractivity contribution in [1.82, 2.24) is 9.78 Å². The van der Waals surface area contributed by atoms with Gasteiger partial charge in [-0.3, -0.25) is 14.5 Å². The van der Waals surface area contributed by atoms with Crippen LogP contribution in [0.3, 0.4) is 0 Å². The van der Waals surface area contributed by atoms with Gasteiger partial charge in [-0.15, -0.1) is 11.8 Å². The third-order valence-corrected chi connectivity index (χ3v) is 7.13. The Kier molecular flexibility index (Phi) is 14.9. The van der Waals surface area contributed by atoms with Crippen LogP contribution in [0.4, 0.5) is 5.69 Å². The van der Waals surface area contributed by atoms with E-state index < -0.39 is 0 Å². The molecule has 0 saturated carbocycles. The van der Waals surface area contributed by atoms with Crippen molar-refractivity contribution in [2.45, 2.75) is 55.7 Å². The molecule has 0 bridgehead atoms. The zero-order valence-electron chi connectivity index (χ0n) is 22.2. The van der Waals surface area contributed by atoms with Gasteiger partial charge in [0.2, 0.25) is 0 Å². The van der Waals surface area contributed by atoms with Gasteiger partial charge in [0, 0.05) is 33.5 Å². The molecule has 3 aromatic rings. The third kappa shape index (κ3) is 9.35. The summed E-state index contributed by atoms with van der Waals surface area (Å²) in [6.07, 6.45) is 6.52. The van der Waals surface area contributed by atoms with E-state index >= 15 is 0 Å². The maximum absolute atomic E-state index is 12.6. The standard InChI is InChI=1S/C24H24N4OS2.C2H6.CH5N.CH2O/c1-16(2)18-12-26-28(14-18)15-30-19(13-25-3)10-17-8-9-23-21(11-17)27-24(29)20-6-4-5-7-22(20)31-23;3*1-2/h4-9,11-14,16H,3,10,15H2,1-2H3,(H,27,29);1-2H3;2H2,1H3;1H2/b19-13-;;;. The van der Waals surface area contributed by atoms with Gasteiger partial charge in [-0.25, -0.2) is 0 Å². The van der Waals surface area contributed by atoms with E-state index in [1.165, 1.54) is 12.6 Å². The molecule has 9 heteroatoms. The summed E-state index contributed by atoms with van der Waals surface area (Å²) in [5.41, 5.74) is 8.38. The summed E-state index contributed by atoms with van der Waals surface area (Å²) in [5, 5.41) is 7.50. The van der Waals surface area contributed by atoms with Gasteiger partial charge in [0.05, 0.1) is 23.3 Å². The van der Waals surface area contributed by atoms with E-state index in [1.807, 2.05) is 61.8 Å². The SMILES string of the molecule is C=N/C=C(/Cc1ccc2c(c1)NC(=O)c1ccccc1S2)SCn1cc(C(C)C)cn1.C=O.CC.CN. The molecule has 0 atom stereocenters. The van der Waals surface area contributed by atoms with Crippen LogP contribution in [-0.4, -0.2) is 36.2 Å². The average molecular weight is 540 g/mol. The van der Waals surface area contributed by atoms with Gasteiger partial charge >= 0.3 is 0 Å². The first-order valence-electron chi connectivity index (χ1n) is 11.9. The van der Waals surface area contributed by atoms with E-state index in [4.69, 9.17) is 4.79 Å². The Balaban J connectivity index is 0.00000106. The molecule has 2 aromatic carbocycles. The number of hydrogen-bond acceptors (Lipinski definition) is 7. The highest BCUT2D eigenvalue weighted by atomic mass is 32.2. The second-order valence-electron chi connectivity index (χ2n) is 7.58. The molecule has 3 N–H and O–H groups in total. The van der Waals surface area contributed by atoms with Gasteiger partial charge in [0.15, 0.2) is 0 Å². The molecule has 0 spiro atoms. The fourth-order valence-electron chi connectivity index (χ4n) is 3.26. The number of carbonyl (C=O) groups excluding carboxylic acids is 2. The highest BCUT2D eigenvalue weighted by Crippen LogP contribution is 2.39. The van der Waals surface area contributed by atoms with Crippen LogP contribution in [-0.2, 0) is 17.1 Å². The van der Waals surface area contributed by atoms with E-state index in [1.54, 1.807) is 29.7 Å². The number of rotatable bonds is 7. The minimum Gasteiger partial charge on any atom is -0.333 e. The first-order chi connectivity index (χ1) is 18.0. The molecule has 1 aromatic heterocycles.